The third-order valence-electron chi connectivity index (χ3n) is 4.96. The summed E-state index contributed by atoms with van der Waals surface area (Å²) in [5.41, 5.74) is 2.46. The van der Waals surface area contributed by atoms with Gasteiger partial charge in [0, 0.05) is 29.6 Å². The number of hydrogen-bond donors (Lipinski definition) is 1. The Kier molecular flexibility index (Phi) is 3.80. The zero-order chi connectivity index (χ0) is 18.4. The van der Waals surface area contributed by atoms with Crippen LogP contribution in [0.4, 0.5) is 5.69 Å². The molecule has 0 aliphatic carbocycles. The van der Waals surface area contributed by atoms with Gasteiger partial charge < -0.3 is 9.67 Å². The molecular formula is C21H20N2O3. The van der Waals surface area contributed by atoms with Gasteiger partial charge in [0.05, 0.1) is 11.6 Å². The second-order valence-electron chi connectivity index (χ2n) is 6.94. The molecule has 1 atom stereocenters. The number of phenolic OH excluding ortho intramolecular Hbond substituents is 1. The lowest BCUT2D eigenvalue weighted by Gasteiger charge is -2.15. The second kappa shape index (κ2) is 6.02. The number of carbonyl (C=O) groups excluding carboxylic acids is 2. The zero-order valence-corrected chi connectivity index (χ0v) is 14.7. The first-order chi connectivity index (χ1) is 12.5. The van der Waals surface area contributed by atoms with Crippen molar-refractivity contribution in [2.45, 2.75) is 32.2 Å². The first kappa shape index (κ1) is 16.4. The fourth-order valence-electron chi connectivity index (χ4n) is 3.68. The molecular weight excluding hydrogens is 328 g/mol. The molecule has 1 N–H and O–H groups in total. The molecule has 0 spiro atoms. The SMILES string of the molecule is CC(C)n1cc([C@H]2CC(=O)N(c3ccc(O)cc3)C2=O)c2ccccc21. The van der Waals surface area contributed by atoms with Crippen molar-refractivity contribution >= 4 is 28.4 Å². The Labute approximate surface area is 151 Å². The van der Waals surface area contributed by atoms with E-state index >= 15 is 0 Å². The van der Waals surface area contributed by atoms with Crippen molar-refractivity contribution in [2.24, 2.45) is 0 Å². The molecule has 2 amide bonds. The van der Waals surface area contributed by atoms with Gasteiger partial charge in [0.25, 0.3) is 0 Å². The number of rotatable bonds is 3. The van der Waals surface area contributed by atoms with E-state index in [0.29, 0.717) is 5.69 Å². The minimum atomic E-state index is -0.485. The molecule has 0 saturated carbocycles. The van der Waals surface area contributed by atoms with E-state index in [1.165, 1.54) is 17.0 Å². The first-order valence-electron chi connectivity index (χ1n) is 8.72. The number of imide groups is 1. The molecule has 26 heavy (non-hydrogen) atoms. The predicted octanol–water partition coefficient (Wildman–Crippen LogP) is 3.97. The van der Waals surface area contributed by atoms with Crippen molar-refractivity contribution in [3.63, 3.8) is 0 Å². The minimum absolute atomic E-state index is 0.101. The van der Waals surface area contributed by atoms with Crippen LogP contribution in [0.1, 0.15) is 37.8 Å². The number of aromatic hydroxyl groups is 1. The molecule has 0 unspecified atom stereocenters. The largest absolute Gasteiger partial charge is 0.508 e. The molecule has 1 aliphatic heterocycles. The van der Waals surface area contributed by atoms with Gasteiger partial charge in [0.1, 0.15) is 5.75 Å². The average Bonchev–Trinajstić information content (AvgIpc) is 3.14. The molecule has 0 radical (unpaired) electrons. The van der Waals surface area contributed by atoms with Gasteiger partial charge >= 0.3 is 0 Å². The highest BCUT2D eigenvalue weighted by atomic mass is 16.3. The van der Waals surface area contributed by atoms with E-state index in [1.807, 2.05) is 30.5 Å². The Morgan fingerprint density at radius 3 is 2.42 bits per heavy atom. The summed E-state index contributed by atoms with van der Waals surface area (Å²) in [4.78, 5) is 26.9. The fraction of sp³-hybridized carbons (Fsp3) is 0.238. The van der Waals surface area contributed by atoms with Crippen LogP contribution in [0, 0.1) is 0 Å². The van der Waals surface area contributed by atoms with Crippen LogP contribution in [-0.2, 0) is 9.59 Å². The van der Waals surface area contributed by atoms with Gasteiger partial charge in [-0.1, -0.05) is 18.2 Å². The maximum absolute atomic E-state index is 13.1. The molecule has 3 aromatic rings. The number of para-hydroxylation sites is 1. The molecule has 0 bridgehead atoms. The quantitative estimate of drug-likeness (QED) is 0.728. The molecule has 1 saturated heterocycles. The van der Waals surface area contributed by atoms with Crippen molar-refractivity contribution in [1.29, 1.82) is 0 Å². The summed E-state index contributed by atoms with van der Waals surface area (Å²) >= 11 is 0. The molecule has 1 fully saturated rings. The van der Waals surface area contributed by atoms with E-state index in [0.717, 1.165) is 16.5 Å². The molecule has 2 aromatic carbocycles. The smallest absolute Gasteiger partial charge is 0.241 e. The number of benzene rings is 2. The van der Waals surface area contributed by atoms with Gasteiger partial charge in [-0.05, 0) is 49.7 Å². The highest BCUT2D eigenvalue weighted by Crippen LogP contribution is 2.38. The van der Waals surface area contributed by atoms with Crippen molar-refractivity contribution in [1.82, 2.24) is 4.57 Å². The molecule has 1 aliphatic rings. The first-order valence-corrected chi connectivity index (χ1v) is 8.72. The Morgan fingerprint density at radius 2 is 1.73 bits per heavy atom. The molecule has 1 aromatic heterocycles. The van der Waals surface area contributed by atoms with Crippen LogP contribution < -0.4 is 4.90 Å². The molecule has 4 rings (SSSR count). The summed E-state index contributed by atoms with van der Waals surface area (Å²) in [5, 5.41) is 10.5. The summed E-state index contributed by atoms with van der Waals surface area (Å²) in [6.07, 6.45) is 2.16. The molecule has 5 heteroatoms. The Bertz CT molecular complexity index is 1000. The molecule has 5 nitrogen and oxygen atoms in total. The van der Waals surface area contributed by atoms with E-state index in [-0.39, 0.29) is 30.0 Å². The maximum atomic E-state index is 13.1. The number of aromatic nitrogens is 1. The number of phenols is 1. The minimum Gasteiger partial charge on any atom is -0.508 e. The number of carbonyl (C=O) groups is 2. The summed E-state index contributed by atoms with van der Waals surface area (Å²) < 4.78 is 2.14. The van der Waals surface area contributed by atoms with Crippen molar-refractivity contribution in [3.05, 3.63) is 60.3 Å². The van der Waals surface area contributed by atoms with Crippen LogP contribution in [0.3, 0.4) is 0 Å². The third kappa shape index (κ3) is 2.47. The van der Waals surface area contributed by atoms with Gasteiger partial charge in [-0.2, -0.15) is 0 Å². The van der Waals surface area contributed by atoms with Crippen LogP contribution in [0.2, 0.25) is 0 Å². The summed E-state index contributed by atoms with van der Waals surface area (Å²) in [6, 6.07) is 14.4. The van der Waals surface area contributed by atoms with Crippen molar-refractivity contribution < 1.29 is 14.7 Å². The van der Waals surface area contributed by atoms with Crippen molar-refractivity contribution in [3.8, 4) is 5.75 Å². The van der Waals surface area contributed by atoms with Crippen LogP contribution in [0.5, 0.6) is 5.75 Å². The summed E-state index contributed by atoms with van der Waals surface area (Å²) in [6.45, 7) is 4.20. The highest BCUT2D eigenvalue weighted by Gasteiger charge is 2.41. The van der Waals surface area contributed by atoms with E-state index in [2.05, 4.69) is 18.4 Å². The Balaban J connectivity index is 1.78. The number of hydrogen-bond acceptors (Lipinski definition) is 3. The standard InChI is InChI=1S/C21H20N2O3/c1-13(2)22-12-18(16-5-3-4-6-19(16)22)17-11-20(25)23(21(17)26)14-7-9-15(24)10-8-14/h3-10,12-13,17,24H,11H2,1-2H3/t17-/m1/s1. The fourth-order valence-corrected chi connectivity index (χ4v) is 3.68. The maximum Gasteiger partial charge on any atom is 0.241 e. The van der Waals surface area contributed by atoms with Crippen LogP contribution in [-0.4, -0.2) is 21.5 Å². The number of nitrogens with zero attached hydrogens (tertiary/aromatic N) is 2. The second-order valence-corrected chi connectivity index (χ2v) is 6.94. The lowest BCUT2D eigenvalue weighted by molar-refractivity contribution is -0.121. The van der Waals surface area contributed by atoms with E-state index in [1.54, 1.807) is 12.1 Å². The lowest BCUT2D eigenvalue weighted by Crippen LogP contribution is -2.29. The van der Waals surface area contributed by atoms with E-state index in [9.17, 15) is 14.7 Å². The predicted molar refractivity (Wildman–Crippen MR) is 100 cm³/mol. The van der Waals surface area contributed by atoms with Crippen LogP contribution >= 0.6 is 0 Å². The van der Waals surface area contributed by atoms with E-state index in [4.69, 9.17) is 0 Å². The zero-order valence-electron chi connectivity index (χ0n) is 14.7. The van der Waals surface area contributed by atoms with Gasteiger partial charge in [-0.15, -0.1) is 0 Å². The van der Waals surface area contributed by atoms with Gasteiger partial charge in [-0.3, -0.25) is 14.5 Å². The summed E-state index contributed by atoms with van der Waals surface area (Å²) in [5.74, 6) is -0.815. The van der Waals surface area contributed by atoms with E-state index < -0.39 is 5.92 Å². The molecule has 132 valence electrons. The summed E-state index contributed by atoms with van der Waals surface area (Å²) in [7, 11) is 0. The van der Waals surface area contributed by atoms with Crippen molar-refractivity contribution in [2.75, 3.05) is 4.90 Å². The number of amides is 2. The highest BCUT2D eigenvalue weighted by molar-refractivity contribution is 6.23. The number of fused-ring (bicyclic) bond motifs is 1. The lowest BCUT2D eigenvalue weighted by atomic mass is 9.97. The van der Waals surface area contributed by atoms with Gasteiger partial charge in [0.15, 0.2) is 0 Å². The van der Waals surface area contributed by atoms with Crippen LogP contribution in [0.15, 0.2) is 54.7 Å². The molecule has 2 heterocycles. The monoisotopic (exact) mass is 348 g/mol. The van der Waals surface area contributed by atoms with Crippen LogP contribution in [0.25, 0.3) is 10.9 Å². The Morgan fingerprint density at radius 1 is 1.04 bits per heavy atom. The van der Waals surface area contributed by atoms with Gasteiger partial charge in [-0.25, -0.2) is 0 Å². The van der Waals surface area contributed by atoms with Gasteiger partial charge in [0.2, 0.25) is 11.8 Å². The third-order valence-corrected chi connectivity index (χ3v) is 4.96. The average molecular weight is 348 g/mol. The normalized spacial score (nSPS) is 17.7. The topological polar surface area (TPSA) is 62.5 Å². The Hall–Kier alpha value is -3.08. The number of anilines is 1.